The third-order valence-corrected chi connectivity index (χ3v) is 5.35. The van der Waals surface area contributed by atoms with Gasteiger partial charge >= 0.3 is 0 Å². The van der Waals surface area contributed by atoms with E-state index >= 15 is 0 Å². The lowest BCUT2D eigenvalue weighted by Gasteiger charge is -2.10. The lowest BCUT2D eigenvalue weighted by Crippen LogP contribution is -2.14. The van der Waals surface area contributed by atoms with Gasteiger partial charge < -0.3 is 16.0 Å². The molecule has 0 bridgehead atoms. The summed E-state index contributed by atoms with van der Waals surface area (Å²) in [6.45, 7) is 0. The minimum Gasteiger partial charge on any atom is -0.325 e. The highest BCUT2D eigenvalue weighted by atomic mass is 35.5. The highest BCUT2D eigenvalue weighted by Crippen LogP contribution is 2.23. The van der Waals surface area contributed by atoms with Gasteiger partial charge in [-0.15, -0.1) is 0 Å². The quantitative estimate of drug-likeness (QED) is 0.271. The standard InChI is InChI=1S/C23H18ClFN6OS/c24-18-13-17(11-12-19(18)25)26-20(32)14-33-23-30-21(27-15-7-3-1-4-8-15)29-22(31-23)28-16-9-5-2-6-10-16/h1-13H,14H2,(H,26,32)(H2,27,28,29,30,31). The van der Waals surface area contributed by atoms with Crippen molar-refractivity contribution in [2.24, 2.45) is 0 Å². The first-order valence-electron chi connectivity index (χ1n) is 9.83. The van der Waals surface area contributed by atoms with Gasteiger partial charge in [-0.3, -0.25) is 4.79 Å². The molecule has 0 saturated heterocycles. The molecule has 3 aromatic carbocycles. The van der Waals surface area contributed by atoms with Gasteiger partial charge in [0.05, 0.1) is 10.8 Å². The maximum absolute atomic E-state index is 13.3. The minimum absolute atomic E-state index is 0.0363. The van der Waals surface area contributed by atoms with E-state index in [1.54, 1.807) is 0 Å². The zero-order chi connectivity index (χ0) is 23.0. The molecule has 166 valence electrons. The van der Waals surface area contributed by atoms with Crippen molar-refractivity contribution in [1.82, 2.24) is 15.0 Å². The van der Waals surface area contributed by atoms with Crippen molar-refractivity contribution in [1.29, 1.82) is 0 Å². The summed E-state index contributed by atoms with van der Waals surface area (Å²) >= 11 is 6.91. The first-order chi connectivity index (χ1) is 16.0. The molecule has 0 aliphatic carbocycles. The molecule has 0 radical (unpaired) electrons. The fraction of sp³-hybridized carbons (Fsp3) is 0.0435. The second-order valence-corrected chi connectivity index (χ2v) is 8.06. The molecular weight excluding hydrogens is 463 g/mol. The average Bonchev–Trinajstić information content (AvgIpc) is 2.81. The van der Waals surface area contributed by atoms with Gasteiger partial charge in [0.25, 0.3) is 0 Å². The molecule has 3 N–H and O–H groups in total. The van der Waals surface area contributed by atoms with Crippen LogP contribution in [0.3, 0.4) is 0 Å². The number of rotatable bonds is 8. The number of hydrogen-bond acceptors (Lipinski definition) is 7. The van der Waals surface area contributed by atoms with Gasteiger partial charge in [-0.2, -0.15) is 15.0 Å². The van der Waals surface area contributed by atoms with E-state index in [2.05, 4.69) is 30.9 Å². The molecule has 0 aliphatic heterocycles. The number of carbonyl (C=O) groups excluding carboxylic acids is 1. The molecule has 0 aliphatic rings. The number of carbonyl (C=O) groups is 1. The Morgan fingerprint density at radius 1 is 0.818 bits per heavy atom. The summed E-state index contributed by atoms with van der Waals surface area (Å²) in [6.07, 6.45) is 0. The number of hydrogen-bond donors (Lipinski definition) is 3. The molecular formula is C23H18ClFN6OS. The Labute approximate surface area is 198 Å². The van der Waals surface area contributed by atoms with E-state index in [0.717, 1.165) is 23.1 Å². The minimum atomic E-state index is -0.550. The van der Waals surface area contributed by atoms with Crippen molar-refractivity contribution in [2.45, 2.75) is 5.16 Å². The Balaban J connectivity index is 1.49. The van der Waals surface area contributed by atoms with E-state index in [4.69, 9.17) is 11.6 Å². The third kappa shape index (κ3) is 6.64. The Bertz CT molecular complexity index is 1190. The zero-order valence-corrected chi connectivity index (χ0v) is 18.7. The summed E-state index contributed by atoms with van der Waals surface area (Å²) in [5, 5.41) is 9.25. The summed E-state index contributed by atoms with van der Waals surface area (Å²) in [5.74, 6) is -0.149. The molecule has 4 rings (SSSR count). The smallest absolute Gasteiger partial charge is 0.234 e. The van der Waals surface area contributed by atoms with Crippen LogP contribution < -0.4 is 16.0 Å². The normalized spacial score (nSPS) is 10.5. The lowest BCUT2D eigenvalue weighted by atomic mass is 10.3. The van der Waals surface area contributed by atoms with Crippen molar-refractivity contribution in [3.05, 3.63) is 89.7 Å². The first-order valence-corrected chi connectivity index (χ1v) is 11.2. The second kappa shape index (κ2) is 10.8. The van der Waals surface area contributed by atoms with Crippen LogP contribution in [-0.2, 0) is 4.79 Å². The molecule has 0 spiro atoms. The number of nitrogens with one attached hydrogen (secondary N) is 3. The topological polar surface area (TPSA) is 91.8 Å². The molecule has 10 heteroatoms. The highest BCUT2D eigenvalue weighted by Gasteiger charge is 2.11. The maximum Gasteiger partial charge on any atom is 0.234 e. The Morgan fingerprint density at radius 2 is 1.39 bits per heavy atom. The lowest BCUT2D eigenvalue weighted by molar-refractivity contribution is -0.113. The van der Waals surface area contributed by atoms with Crippen LogP contribution in [0, 0.1) is 5.82 Å². The van der Waals surface area contributed by atoms with Gasteiger partial charge in [0.1, 0.15) is 5.82 Å². The van der Waals surface area contributed by atoms with Crippen LogP contribution in [0.4, 0.5) is 33.3 Å². The van der Waals surface area contributed by atoms with Gasteiger partial charge in [-0.25, -0.2) is 4.39 Å². The van der Waals surface area contributed by atoms with Crippen LogP contribution >= 0.6 is 23.4 Å². The number of aromatic nitrogens is 3. The molecule has 1 amide bonds. The molecule has 33 heavy (non-hydrogen) atoms. The molecule has 1 aromatic heterocycles. The van der Waals surface area contributed by atoms with E-state index in [0.29, 0.717) is 22.7 Å². The highest BCUT2D eigenvalue weighted by molar-refractivity contribution is 7.99. The van der Waals surface area contributed by atoms with E-state index < -0.39 is 5.82 Å². The summed E-state index contributed by atoms with van der Waals surface area (Å²) in [5.41, 5.74) is 2.04. The van der Waals surface area contributed by atoms with Crippen LogP contribution in [0.2, 0.25) is 5.02 Å². The Kier molecular flexibility index (Phi) is 7.33. The maximum atomic E-state index is 13.3. The van der Waals surface area contributed by atoms with E-state index in [9.17, 15) is 9.18 Å². The van der Waals surface area contributed by atoms with Crippen LogP contribution in [0.25, 0.3) is 0 Å². The summed E-state index contributed by atoms with van der Waals surface area (Å²) in [6, 6.07) is 23.0. The summed E-state index contributed by atoms with van der Waals surface area (Å²) in [4.78, 5) is 25.6. The molecule has 4 aromatic rings. The van der Waals surface area contributed by atoms with Crippen LogP contribution in [-0.4, -0.2) is 26.6 Å². The zero-order valence-electron chi connectivity index (χ0n) is 17.1. The van der Waals surface area contributed by atoms with Crippen molar-refractivity contribution in [2.75, 3.05) is 21.7 Å². The largest absolute Gasteiger partial charge is 0.325 e. The van der Waals surface area contributed by atoms with Crippen molar-refractivity contribution >= 4 is 58.2 Å². The molecule has 0 atom stereocenters. The van der Waals surface area contributed by atoms with Crippen LogP contribution in [0.5, 0.6) is 0 Å². The number of thioether (sulfide) groups is 1. The van der Waals surface area contributed by atoms with E-state index in [-0.39, 0.29) is 16.7 Å². The molecule has 7 nitrogen and oxygen atoms in total. The van der Waals surface area contributed by atoms with Crippen LogP contribution in [0.1, 0.15) is 0 Å². The van der Waals surface area contributed by atoms with Gasteiger partial charge in [-0.1, -0.05) is 59.8 Å². The number of nitrogens with zero attached hydrogens (tertiary/aromatic N) is 3. The van der Waals surface area contributed by atoms with E-state index in [1.807, 2.05) is 60.7 Å². The fourth-order valence-electron chi connectivity index (χ4n) is 2.74. The third-order valence-electron chi connectivity index (χ3n) is 4.21. The number of para-hydroxylation sites is 2. The Hall–Kier alpha value is -3.69. The molecule has 1 heterocycles. The van der Waals surface area contributed by atoms with Crippen LogP contribution in [0.15, 0.2) is 84.0 Å². The predicted molar refractivity (Wildman–Crippen MR) is 130 cm³/mol. The van der Waals surface area contributed by atoms with Gasteiger partial charge in [0.2, 0.25) is 17.8 Å². The molecule has 0 unspecified atom stereocenters. The van der Waals surface area contributed by atoms with E-state index in [1.165, 1.54) is 18.2 Å². The van der Waals surface area contributed by atoms with Gasteiger partial charge in [-0.05, 0) is 42.5 Å². The first kappa shape index (κ1) is 22.5. The fourth-order valence-corrected chi connectivity index (χ4v) is 3.55. The Morgan fingerprint density at radius 3 is 1.94 bits per heavy atom. The van der Waals surface area contributed by atoms with Crippen molar-refractivity contribution in [3.63, 3.8) is 0 Å². The second-order valence-electron chi connectivity index (χ2n) is 6.71. The summed E-state index contributed by atoms with van der Waals surface area (Å²) < 4.78 is 13.3. The van der Waals surface area contributed by atoms with Crippen molar-refractivity contribution in [3.8, 4) is 0 Å². The molecule has 0 saturated carbocycles. The predicted octanol–water partition coefficient (Wildman–Crippen LogP) is 5.88. The summed E-state index contributed by atoms with van der Waals surface area (Å²) in [7, 11) is 0. The number of benzene rings is 3. The van der Waals surface area contributed by atoms with Gasteiger partial charge in [0, 0.05) is 17.1 Å². The average molecular weight is 481 g/mol. The van der Waals surface area contributed by atoms with Crippen molar-refractivity contribution < 1.29 is 9.18 Å². The molecule has 0 fully saturated rings. The number of amides is 1. The SMILES string of the molecule is O=C(CSc1nc(Nc2ccccc2)nc(Nc2ccccc2)n1)Nc1ccc(F)c(Cl)c1. The monoisotopic (exact) mass is 480 g/mol. The number of anilines is 5. The van der Waals surface area contributed by atoms with Gasteiger partial charge in [0.15, 0.2) is 5.16 Å². The number of halogens is 2.